The minimum absolute atomic E-state index is 0. The maximum atomic E-state index is 5.59. The molecule has 0 unspecified atom stereocenters. The van der Waals surface area contributed by atoms with Gasteiger partial charge < -0.3 is 0 Å². The molecule has 0 N–H and O–H groups in total. The van der Waals surface area contributed by atoms with Crippen LogP contribution in [-0.2, 0) is 0 Å². The lowest BCUT2D eigenvalue weighted by atomic mass is 9.89. The maximum Gasteiger partial charge on any atom is 0.0446 e. The van der Waals surface area contributed by atoms with Crippen LogP contribution in [0.4, 0.5) is 14.1 Å². The lowest BCUT2D eigenvalue weighted by molar-refractivity contribution is 0.773. The molecule has 0 aliphatic heterocycles. The summed E-state index contributed by atoms with van der Waals surface area (Å²) >= 11 is 16.8. The minimum Gasteiger partial charge on any atom is -0.269 e. The molecule has 0 nitrogen and oxygen atoms in total. The van der Waals surface area contributed by atoms with Crippen LogP contribution in [0.5, 0.6) is 0 Å². The van der Waals surface area contributed by atoms with E-state index in [4.69, 9.17) is 37.9 Å². The zero-order chi connectivity index (χ0) is 37.4. The number of hydrogen-bond donors (Lipinski definition) is 0. The van der Waals surface area contributed by atoms with Crippen LogP contribution in [0.3, 0.4) is 0 Å². The Hall–Kier alpha value is -1.89. The first-order valence-corrected chi connectivity index (χ1v) is 19.8. The first-order valence-electron chi connectivity index (χ1n) is 18.6. The predicted octanol–water partition coefficient (Wildman–Crippen LogP) is 17.3. The normalized spacial score (nSPS) is 11.1. The summed E-state index contributed by atoms with van der Waals surface area (Å²) in [6.07, 6.45) is 0. The van der Waals surface area contributed by atoms with Crippen molar-refractivity contribution in [2.75, 3.05) is 0 Å². The number of hydrogen-bond acceptors (Lipinski definition) is 0. The summed E-state index contributed by atoms with van der Waals surface area (Å²) in [5.41, 5.74) is 12.3. The summed E-state index contributed by atoms with van der Waals surface area (Å²) < 4.78 is 0. The van der Waals surface area contributed by atoms with E-state index < -0.39 is 0 Å². The summed E-state index contributed by atoms with van der Waals surface area (Å²) in [4.78, 5) is 3.23. The van der Waals surface area contributed by atoms with E-state index in [2.05, 4.69) is 161 Å². The monoisotopic (exact) mass is 765 g/mol. The highest BCUT2D eigenvalue weighted by atomic mass is 32.1. The predicted molar refractivity (Wildman–Crippen MR) is 231 cm³/mol. The molecule has 3 aromatic carbocycles. The molecule has 0 bridgehead atoms. The molecule has 3 radical (unpaired) electrons. The highest BCUT2D eigenvalue weighted by molar-refractivity contribution is 7.80. The van der Waals surface area contributed by atoms with Crippen LogP contribution in [0.2, 0.25) is 0 Å². The van der Waals surface area contributed by atoms with Crippen LogP contribution in [-0.4, -0.2) is 0 Å². The van der Waals surface area contributed by atoms with Gasteiger partial charge in [0.25, 0.3) is 0 Å². The van der Waals surface area contributed by atoms with Crippen molar-refractivity contribution in [3.05, 3.63) is 86.5 Å². The number of halogens is 3. The van der Waals surface area contributed by atoms with Crippen molar-refractivity contribution < 1.29 is 14.1 Å². The Labute approximate surface area is 329 Å². The quantitative estimate of drug-likeness (QED) is 0.203. The third-order valence-electron chi connectivity index (χ3n) is 9.24. The van der Waals surface area contributed by atoms with E-state index in [1.165, 1.54) is 50.1 Å². The van der Waals surface area contributed by atoms with Gasteiger partial charge in [0.15, 0.2) is 0 Å². The van der Waals surface area contributed by atoms with Gasteiger partial charge in [-0.1, -0.05) is 199 Å². The fraction of sp³-hybridized carbons (Fsp3) is 0.600. The second-order valence-electron chi connectivity index (χ2n) is 16.5. The van der Waals surface area contributed by atoms with E-state index in [-0.39, 0.29) is 14.1 Å². The summed E-state index contributed by atoms with van der Waals surface area (Å²) in [5, 5.41) is 0. The molecule has 0 amide bonds. The maximum absolute atomic E-state index is 5.59. The highest BCUT2D eigenvalue weighted by Crippen LogP contribution is 2.36. The number of benzene rings is 3. The minimum atomic E-state index is 0. The van der Waals surface area contributed by atoms with Crippen molar-refractivity contribution in [1.29, 1.82) is 0 Å². The second-order valence-corrected chi connectivity index (χ2v) is 17.7. The highest BCUT2D eigenvalue weighted by Gasteiger charge is 2.17. The first kappa shape index (κ1) is 53.5. The lowest BCUT2D eigenvalue weighted by Gasteiger charge is -2.19. The topological polar surface area (TPSA) is 0 Å². The fourth-order valence-electron chi connectivity index (χ4n) is 5.67. The van der Waals surface area contributed by atoms with E-state index in [0.29, 0.717) is 53.3 Å². The van der Waals surface area contributed by atoms with Gasteiger partial charge in [0, 0.05) is 14.7 Å². The van der Waals surface area contributed by atoms with Crippen molar-refractivity contribution in [2.45, 2.75) is 193 Å². The summed E-state index contributed by atoms with van der Waals surface area (Å²) in [6, 6.07) is 13.8. The van der Waals surface area contributed by atoms with Gasteiger partial charge in [-0.3, -0.25) is 14.1 Å². The molecule has 0 saturated heterocycles. The Morgan fingerprint density at radius 1 is 0.255 bits per heavy atom. The summed E-state index contributed by atoms with van der Waals surface area (Å²) in [6.45, 7) is 40.1. The van der Waals surface area contributed by atoms with Gasteiger partial charge in [-0.05, 0) is 103 Å². The van der Waals surface area contributed by atoms with Crippen molar-refractivity contribution in [1.82, 2.24) is 0 Å². The van der Waals surface area contributed by atoms with Crippen LogP contribution in [0.15, 0.2) is 51.1 Å². The smallest absolute Gasteiger partial charge is 0.0446 e. The zero-order valence-corrected chi connectivity index (χ0v) is 37.6. The molecule has 3 aromatic rings. The lowest BCUT2D eigenvalue weighted by Crippen LogP contribution is -2.01. The molecule has 0 aliphatic rings. The largest absolute Gasteiger partial charge is 0.269 e. The van der Waals surface area contributed by atoms with Crippen molar-refractivity contribution in [2.24, 2.45) is 0 Å². The van der Waals surface area contributed by atoms with Crippen molar-refractivity contribution in [3.8, 4) is 0 Å². The molecule has 51 heavy (non-hydrogen) atoms. The average molecular weight is 766 g/mol. The molecule has 6 heteroatoms. The van der Waals surface area contributed by atoms with Gasteiger partial charge >= 0.3 is 0 Å². The molecule has 0 aliphatic carbocycles. The Bertz CT molecular complexity index is 1190. The van der Waals surface area contributed by atoms with Crippen molar-refractivity contribution >= 4 is 37.9 Å². The number of rotatable bonds is 9. The average Bonchev–Trinajstić information content (AvgIpc) is 2.96. The third-order valence-corrected chi connectivity index (χ3v) is 10.7. The first-order chi connectivity index (χ1) is 22.0. The van der Waals surface area contributed by atoms with Gasteiger partial charge in [0.05, 0.1) is 0 Å². The Balaban J connectivity index is -0.000000658. The third kappa shape index (κ3) is 15.2. The molecule has 3 rings (SSSR count). The van der Waals surface area contributed by atoms with Gasteiger partial charge in [-0.15, -0.1) is 0 Å². The van der Waals surface area contributed by atoms with E-state index in [1.54, 1.807) is 0 Å². The van der Waals surface area contributed by atoms with Gasteiger partial charge in [0.2, 0.25) is 0 Å². The van der Waals surface area contributed by atoms with Gasteiger partial charge in [-0.2, -0.15) is 0 Å². The van der Waals surface area contributed by atoms with E-state index in [0.717, 1.165) is 14.7 Å². The van der Waals surface area contributed by atoms with Crippen LogP contribution in [0, 0.1) is 0 Å². The molecule has 0 aromatic heterocycles. The van der Waals surface area contributed by atoms with E-state index in [9.17, 15) is 0 Å². The molecule has 0 spiro atoms. The summed E-state index contributed by atoms with van der Waals surface area (Å²) in [5.74, 6) is 4.83. The van der Waals surface area contributed by atoms with E-state index >= 15 is 0 Å². The SMILES string of the molecule is CC(C)c1cc(C(C)C)c([S])c(C(C)C)c1.CC(C)c1cc(C(C)C)c([S])c(C(C)C)c1.CC(C)c1cc(C(C)C)c([S])c(C(C)C)c1.F.F.F. The molecule has 0 saturated carbocycles. The Morgan fingerprint density at radius 3 is 0.451 bits per heavy atom. The molecular weight excluding hydrogens is 694 g/mol. The van der Waals surface area contributed by atoms with Crippen LogP contribution in [0.1, 0.15) is 228 Å². The zero-order valence-electron chi connectivity index (χ0n) is 35.1. The molecule has 0 fully saturated rings. The van der Waals surface area contributed by atoms with Crippen LogP contribution in [0.25, 0.3) is 0 Å². The molecule has 291 valence electrons. The van der Waals surface area contributed by atoms with E-state index in [1.807, 2.05) is 0 Å². The van der Waals surface area contributed by atoms with Crippen molar-refractivity contribution in [3.63, 3.8) is 0 Å². The molecule has 0 atom stereocenters. The molecular formula is C45H72F3S3. The second kappa shape index (κ2) is 23.7. The van der Waals surface area contributed by atoms with Crippen LogP contribution < -0.4 is 0 Å². The summed E-state index contributed by atoms with van der Waals surface area (Å²) in [7, 11) is 0. The molecule has 0 heterocycles. The Morgan fingerprint density at radius 2 is 0.373 bits per heavy atom. The van der Waals surface area contributed by atoms with Gasteiger partial charge in [-0.25, -0.2) is 0 Å². The fourth-order valence-corrected chi connectivity index (χ4v) is 7.44. The van der Waals surface area contributed by atoms with Crippen LogP contribution >= 0.6 is 37.9 Å². The van der Waals surface area contributed by atoms with Gasteiger partial charge in [0.1, 0.15) is 0 Å². The Kier molecular flexibility index (Phi) is 24.9. The standard InChI is InChI=1S/3C15H23S.3FH/c3*1-9(2)12-7-13(10(3)4)15(16)14(8-12)11(5)6;;;/h3*7-11H,1-6H3;3*1H.